The first-order valence-electron chi connectivity index (χ1n) is 6.87. The number of nitrogens with zero attached hydrogens (tertiary/aromatic N) is 1. The topological polar surface area (TPSA) is 50.7 Å². The number of carbonyl (C=O) groups excluding carboxylic acids is 1. The standard InChI is InChI=1S/C15H18N2O2/c1-2-11-9-14(19-17-11)15(18)16-13-8-7-10-5-3-4-6-12(10)13/h3-6,13-14H,2,7-9H2,1H3,(H,16,18). The molecule has 0 bridgehead atoms. The van der Waals surface area contributed by atoms with Gasteiger partial charge in [0.25, 0.3) is 5.91 Å². The Balaban J connectivity index is 1.63. The SMILES string of the molecule is CCC1=NOC(C(=O)NC2CCc3ccccc32)C1. The van der Waals surface area contributed by atoms with Crippen molar-refractivity contribution in [1.29, 1.82) is 0 Å². The van der Waals surface area contributed by atoms with Crippen LogP contribution in [0.25, 0.3) is 0 Å². The number of carbonyl (C=O) groups is 1. The molecule has 3 rings (SSSR count). The number of oxime groups is 1. The van der Waals surface area contributed by atoms with Crippen LogP contribution in [0.4, 0.5) is 0 Å². The molecule has 2 atom stereocenters. The number of hydrogen-bond donors (Lipinski definition) is 1. The summed E-state index contributed by atoms with van der Waals surface area (Å²) in [5, 5.41) is 7.02. The maximum atomic E-state index is 12.2. The Morgan fingerprint density at radius 2 is 2.32 bits per heavy atom. The van der Waals surface area contributed by atoms with Crippen LogP contribution in [0.15, 0.2) is 29.4 Å². The van der Waals surface area contributed by atoms with Gasteiger partial charge in [-0.25, -0.2) is 0 Å². The van der Waals surface area contributed by atoms with Gasteiger partial charge < -0.3 is 10.2 Å². The summed E-state index contributed by atoms with van der Waals surface area (Å²) < 4.78 is 0. The van der Waals surface area contributed by atoms with E-state index in [-0.39, 0.29) is 11.9 Å². The molecule has 0 saturated carbocycles. The van der Waals surface area contributed by atoms with Crippen molar-refractivity contribution in [2.24, 2.45) is 5.16 Å². The van der Waals surface area contributed by atoms with Crippen LogP contribution in [0, 0.1) is 0 Å². The molecule has 0 aromatic heterocycles. The van der Waals surface area contributed by atoms with E-state index in [1.165, 1.54) is 11.1 Å². The molecule has 1 aliphatic heterocycles. The van der Waals surface area contributed by atoms with Gasteiger partial charge in [-0.2, -0.15) is 0 Å². The van der Waals surface area contributed by atoms with Gasteiger partial charge in [0.2, 0.25) is 6.10 Å². The van der Waals surface area contributed by atoms with Crippen molar-refractivity contribution < 1.29 is 9.63 Å². The highest BCUT2D eigenvalue weighted by atomic mass is 16.6. The molecule has 0 radical (unpaired) electrons. The van der Waals surface area contributed by atoms with Crippen LogP contribution in [-0.4, -0.2) is 17.7 Å². The monoisotopic (exact) mass is 258 g/mol. The number of fused-ring (bicyclic) bond motifs is 1. The van der Waals surface area contributed by atoms with Crippen molar-refractivity contribution in [2.45, 2.75) is 44.8 Å². The second kappa shape index (κ2) is 5.03. The molecule has 2 unspecified atom stereocenters. The zero-order valence-corrected chi connectivity index (χ0v) is 11.1. The summed E-state index contributed by atoms with van der Waals surface area (Å²) in [6, 6.07) is 8.42. The molecule has 1 amide bonds. The van der Waals surface area contributed by atoms with Gasteiger partial charge in [0.05, 0.1) is 11.8 Å². The third kappa shape index (κ3) is 2.35. The summed E-state index contributed by atoms with van der Waals surface area (Å²) in [7, 11) is 0. The minimum Gasteiger partial charge on any atom is -0.382 e. The van der Waals surface area contributed by atoms with Gasteiger partial charge in [0, 0.05) is 6.42 Å². The third-order valence-electron chi connectivity index (χ3n) is 3.88. The summed E-state index contributed by atoms with van der Waals surface area (Å²) in [4.78, 5) is 17.4. The Bertz CT molecular complexity index is 525. The minimum atomic E-state index is -0.442. The van der Waals surface area contributed by atoms with Crippen LogP contribution in [0.5, 0.6) is 0 Å². The Morgan fingerprint density at radius 3 is 3.11 bits per heavy atom. The van der Waals surface area contributed by atoms with Crippen LogP contribution in [-0.2, 0) is 16.1 Å². The van der Waals surface area contributed by atoms with Gasteiger partial charge >= 0.3 is 0 Å². The lowest BCUT2D eigenvalue weighted by Gasteiger charge is -2.16. The summed E-state index contributed by atoms with van der Waals surface area (Å²) >= 11 is 0. The maximum Gasteiger partial charge on any atom is 0.264 e. The number of benzene rings is 1. The summed E-state index contributed by atoms with van der Waals surface area (Å²) in [5.41, 5.74) is 3.54. The fraction of sp³-hybridized carbons (Fsp3) is 0.467. The van der Waals surface area contributed by atoms with Crippen LogP contribution in [0.3, 0.4) is 0 Å². The molecule has 4 heteroatoms. The normalized spacial score (nSPS) is 24.6. The van der Waals surface area contributed by atoms with Gasteiger partial charge in [-0.3, -0.25) is 4.79 Å². The zero-order valence-electron chi connectivity index (χ0n) is 11.1. The van der Waals surface area contributed by atoms with Gasteiger partial charge in [0.15, 0.2) is 0 Å². The molecule has 19 heavy (non-hydrogen) atoms. The van der Waals surface area contributed by atoms with Crippen LogP contribution in [0.1, 0.15) is 43.4 Å². The van der Waals surface area contributed by atoms with Crippen LogP contribution < -0.4 is 5.32 Å². The second-order valence-corrected chi connectivity index (χ2v) is 5.11. The van der Waals surface area contributed by atoms with Crippen molar-refractivity contribution in [1.82, 2.24) is 5.32 Å². The molecule has 2 aliphatic rings. The van der Waals surface area contributed by atoms with E-state index in [9.17, 15) is 4.79 Å². The molecule has 4 nitrogen and oxygen atoms in total. The van der Waals surface area contributed by atoms with E-state index in [2.05, 4.69) is 22.6 Å². The fourth-order valence-electron chi connectivity index (χ4n) is 2.75. The lowest BCUT2D eigenvalue weighted by Crippen LogP contribution is -2.36. The molecule has 1 aliphatic carbocycles. The van der Waals surface area contributed by atoms with E-state index >= 15 is 0 Å². The molecule has 0 fully saturated rings. The maximum absolute atomic E-state index is 12.2. The predicted octanol–water partition coefficient (Wildman–Crippen LogP) is 2.35. The van der Waals surface area contributed by atoms with E-state index in [0.717, 1.165) is 25.0 Å². The number of rotatable bonds is 3. The molecule has 100 valence electrons. The fourth-order valence-corrected chi connectivity index (χ4v) is 2.75. The Labute approximate surface area is 112 Å². The Morgan fingerprint density at radius 1 is 1.47 bits per heavy atom. The minimum absolute atomic E-state index is 0.0473. The van der Waals surface area contributed by atoms with Gasteiger partial charge in [0.1, 0.15) is 0 Å². The second-order valence-electron chi connectivity index (χ2n) is 5.11. The van der Waals surface area contributed by atoms with Crippen molar-refractivity contribution in [3.63, 3.8) is 0 Å². The first-order chi connectivity index (χ1) is 9.28. The highest BCUT2D eigenvalue weighted by Crippen LogP contribution is 2.31. The lowest BCUT2D eigenvalue weighted by molar-refractivity contribution is -0.131. The summed E-state index contributed by atoms with van der Waals surface area (Å²) in [5.74, 6) is -0.0473. The summed E-state index contributed by atoms with van der Waals surface area (Å²) in [6.07, 6.45) is 3.03. The van der Waals surface area contributed by atoms with Gasteiger partial charge in [-0.05, 0) is 30.4 Å². The van der Waals surface area contributed by atoms with Crippen molar-refractivity contribution in [2.75, 3.05) is 0 Å². The lowest BCUT2D eigenvalue weighted by atomic mass is 10.1. The highest BCUT2D eigenvalue weighted by Gasteiger charge is 2.31. The third-order valence-corrected chi connectivity index (χ3v) is 3.88. The van der Waals surface area contributed by atoms with Crippen molar-refractivity contribution >= 4 is 11.6 Å². The van der Waals surface area contributed by atoms with Crippen LogP contribution >= 0.6 is 0 Å². The zero-order chi connectivity index (χ0) is 13.2. The largest absolute Gasteiger partial charge is 0.382 e. The van der Waals surface area contributed by atoms with E-state index in [1.807, 2.05) is 19.1 Å². The molecule has 1 aromatic carbocycles. The average molecular weight is 258 g/mol. The molecule has 0 spiro atoms. The number of nitrogens with one attached hydrogen (secondary N) is 1. The van der Waals surface area contributed by atoms with E-state index in [0.29, 0.717) is 6.42 Å². The smallest absolute Gasteiger partial charge is 0.264 e. The first-order valence-corrected chi connectivity index (χ1v) is 6.87. The first kappa shape index (κ1) is 12.2. The summed E-state index contributed by atoms with van der Waals surface area (Å²) in [6.45, 7) is 2.02. The quantitative estimate of drug-likeness (QED) is 0.904. The molecular formula is C15H18N2O2. The number of amides is 1. The molecular weight excluding hydrogens is 240 g/mol. The molecule has 1 N–H and O–H groups in total. The number of aryl methyl sites for hydroxylation is 1. The van der Waals surface area contributed by atoms with Crippen LogP contribution in [0.2, 0.25) is 0 Å². The van der Waals surface area contributed by atoms with Crippen molar-refractivity contribution in [3.05, 3.63) is 35.4 Å². The van der Waals surface area contributed by atoms with E-state index in [1.54, 1.807) is 0 Å². The van der Waals surface area contributed by atoms with E-state index in [4.69, 9.17) is 4.84 Å². The average Bonchev–Trinajstić information content (AvgIpc) is 3.06. The van der Waals surface area contributed by atoms with Gasteiger partial charge in [-0.15, -0.1) is 0 Å². The molecule has 0 saturated heterocycles. The molecule has 1 aromatic rings. The predicted molar refractivity (Wildman–Crippen MR) is 72.9 cm³/mol. The molecule has 1 heterocycles. The Hall–Kier alpha value is -1.84. The Kier molecular flexibility index (Phi) is 3.23. The van der Waals surface area contributed by atoms with Gasteiger partial charge in [-0.1, -0.05) is 36.3 Å². The number of hydrogen-bond acceptors (Lipinski definition) is 3. The highest BCUT2D eigenvalue weighted by molar-refractivity contribution is 5.92. The van der Waals surface area contributed by atoms with E-state index < -0.39 is 6.10 Å². The van der Waals surface area contributed by atoms with Crippen molar-refractivity contribution in [3.8, 4) is 0 Å².